The zero-order valence-electron chi connectivity index (χ0n) is 14.7. The molecular formula is C20H28N2O. The topological polar surface area (TPSA) is 27.1 Å². The zero-order chi connectivity index (χ0) is 16.4. The van der Waals surface area contributed by atoms with Crippen LogP contribution in [0.25, 0.3) is 11.3 Å². The van der Waals surface area contributed by atoms with Gasteiger partial charge in [-0.3, -0.25) is 0 Å². The van der Waals surface area contributed by atoms with E-state index in [0.29, 0.717) is 24.5 Å². The molecule has 1 aliphatic rings. The van der Waals surface area contributed by atoms with E-state index in [1.54, 1.807) is 0 Å². The number of benzene rings is 1. The third-order valence-corrected chi connectivity index (χ3v) is 5.05. The van der Waals surface area contributed by atoms with Gasteiger partial charge in [-0.05, 0) is 31.6 Å². The fourth-order valence-corrected chi connectivity index (χ4v) is 3.81. The summed E-state index contributed by atoms with van der Waals surface area (Å²) in [7, 11) is 0. The molecule has 1 heterocycles. The third kappa shape index (κ3) is 3.07. The van der Waals surface area contributed by atoms with Crippen molar-refractivity contribution in [2.45, 2.75) is 59.1 Å². The van der Waals surface area contributed by atoms with E-state index in [1.807, 2.05) is 6.92 Å². The lowest BCUT2D eigenvalue weighted by molar-refractivity contribution is 0.0749. The quantitative estimate of drug-likeness (QED) is 0.760. The lowest BCUT2D eigenvalue weighted by atomic mass is 9.75. The van der Waals surface area contributed by atoms with E-state index in [-0.39, 0.29) is 0 Å². The molecular weight excluding hydrogens is 284 g/mol. The first-order valence-electron chi connectivity index (χ1n) is 8.87. The van der Waals surface area contributed by atoms with Crippen LogP contribution in [0.3, 0.4) is 0 Å². The smallest absolute Gasteiger partial charge is 0.139 e. The molecule has 0 spiro atoms. The highest BCUT2D eigenvalue weighted by atomic mass is 16.5. The van der Waals surface area contributed by atoms with Crippen molar-refractivity contribution in [2.24, 2.45) is 5.92 Å². The van der Waals surface area contributed by atoms with Crippen LogP contribution in [0.15, 0.2) is 30.3 Å². The average molecular weight is 312 g/mol. The summed E-state index contributed by atoms with van der Waals surface area (Å²) >= 11 is 0. The molecule has 0 amide bonds. The summed E-state index contributed by atoms with van der Waals surface area (Å²) in [6.45, 7) is 10.3. The average Bonchev–Trinajstić information content (AvgIpc) is 2.94. The SMILES string of the molecule is CCOCn1nc(-c2ccccc2)c2c1[C@H](C(C)C)CC[C@H]2C. The van der Waals surface area contributed by atoms with Crippen LogP contribution in [0, 0.1) is 5.92 Å². The number of aromatic nitrogens is 2. The summed E-state index contributed by atoms with van der Waals surface area (Å²) in [6.07, 6.45) is 2.49. The van der Waals surface area contributed by atoms with Crippen molar-refractivity contribution in [3.05, 3.63) is 41.6 Å². The Kier molecular flexibility index (Phi) is 4.86. The number of rotatable bonds is 5. The molecule has 0 radical (unpaired) electrons. The van der Waals surface area contributed by atoms with Crippen LogP contribution in [0.1, 0.15) is 63.6 Å². The first kappa shape index (κ1) is 16.3. The molecule has 0 bridgehead atoms. The molecule has 1 aromatic carbocycles. The Labute approximate surface area is 139 Å². The number of hydrogen-bond donors (Lipinski definition) is 0. The van der Waals surface area contributed by atoms with Gasteiger partial charge in [-0.2, -0.15) is 5.10 Å². The molecule has 0 N–H and O–H groups in total. The van der Waals surface area contributed by atoms with E-state index >= 15 is 0 Å². The molecule has 3 rings (SSSR count). The van der Waals surface area contributed by atoms with Crippen molar-refractivity contribution in [3.8, 4) is 11.3 Å². The van der Waals surface area contributed by atoms with E-state index in [2.05, 4.69) is 55.8 Å². The van der Waals surface area contributed by atoms with Gasteiger partial charge < -0.3 is 4.74 Å². The predicted molar refractivity (Wildman–Crippen MR) is 94.5 cm³/mol. The van der Waals surface area contributed by atoms with Gasteiger partial charge in [0.05, 0.1) is 5.69 Å². The Bertz CT molecular complexity index is 645. The number of ether oxygens (including phenoxy) is 1. The van der Waals surface area contributed by atoms with Crippen molar-refractivity contribution in [3.63, 3.8) is 0 Å². The van der Waals surface area contributed by atoms with Gasteiger partial charge in [-0.25, -0.2) is 4.68 Å². The minimum atomic E-state index is 0.557. The highest BCUT2D eigenvalue weighted by Crippen LogP contribution is 2.46. The van der Waals surface area contributed by atoms with Gasteiger partial charge in [-0.1, -0.05) is 51.1 Å². The first-order valence-corrected chi connectivity index (χ1v) is 8.87. The highest BCUT2D eigenvalue weighted by Gasteiger charge is 2.34. The summed E-state index contributed by atoms with van der Waals surface area (Å²) in [6, 6.07) is 10.6. The van der Waals surface area contributed by atoms with Crippen LogP contribution in [-0.4, -0.2) is 16.4 Å². The highest BCUT2D eigenvalue weighted by molar-refractivity contribution is 5.65. The molecule has 2 atom stereocenters. The molecule has 3 heteroatoms. The van der Waals surface area contributed by atoms with Crippen LogP contribution in [0.2, 0.25) is 0 Å². The molecule has 1 aromatic heterocycles. The summed E-state index contributed by atoms with van der Waals surface area (Å²) in [5.41, 5.74) is 5.22. The van der Waals surface area contributed by atoms with Crippen LogP contribution < -0.4 is 0 Å². The molecule has 23 heavy (non-hydrogen) atoms. The lowest BCUT2D eigenvalue weighted by Crippen LogP contribution is -2.21. The van der Waals surface area contributed by atoms with Crippen molar-refractivity contribution >= 4 is 0 Å². The first-order chi connectivity index (χ1) is 11.1. The van der Waals surface area contributed by atoms with Crippen molar-refractivity contribution < 1.29 is 4.74 Å². The molecule has 3 nitrogen and oxygen atoms in total. The Hall–Kier alpha value is -1.61. The van der Waals surface area contributed by atoms with Gasteiger partial charge in [0.15, 0.2) is 0 Å². The maximum Gasteiger partial charge on any atom is 0.139 e. The largest absolute Gasteiger partial charge is 0.360 e. The minimum absolute atomic E-state index is 0.557. The fourth-order valence-electron chi connectivity index (χ4n) is 3.81. The van der Waals surface area contributed by atoms with Crippen LogP contribution >= 0.6 is 0 Å². The molecule has 0 unspecified atom stereocenters. The maximum atomic E-state index is 5.70. The number of fused-ring (bicyclic) bond motifs is 1. The van der Waals surface area contributed by atoms with Gasteiger partial charge in [0.2, 0.25) is 0 Å². The molecule has 124 valence electrons. The van der Waals surface area contributed by atoms with E-state index in [9.17, 15) is 0 Å². The fraction of sp³-hybridized carbons (Fsp3) is 0.550. The van der Waals surface area contributed by atoms with E-state index in [0.717, 1.165) is 12.3 Å². The molecule has 2 aromatic rings. The van der Waals surface area contributed by atoms with E-state index in [1.165, 1.54) is 29.7 Å². The van der Waals surface area contributed by atoms with Gasteiger partial charge in [0, 0.05) is 29.3 Å². The molecule has 1 aliphatic carbocycles. The van der Waals surface area contributed by atoms with E-state index < -0.39 is 0 Å². The Morgan fingerprint density at radius 3 is 2.61 bits per heavy atom. The number of hydrogen-bond acceptors (Lipinski definition) is 2. The van der Waals surface area contributed by atoms with Gasteiger partial charge in [-0.15, -0.1) is 0 Å². The predicted octanol–water partition coefficient (Wildman–Crippen LogP) is 5.18. The summed E-state index contributed by atoms with van der Waals surface area (Å²) in [5.74, 6) is 1.76. The normalized spacial score (nSPS) is 20.7. The van der Waals surface area contributed by atoms with Crippen molar-refractivity contribution in [1.82, 2.24) is 9.78 Å². The second-order valence-electron chi connectivity index (χ2n) is 6.96. The zero-order valence-corrected chi connectivity index (χ0v) is 14.7. The molecule has 0 aliphatic heterocycles. The van der Waals surface area contributed by atoms with Gasteiger partial charge >= 0.3 is 0 Å². The lowest BCUT2D eigenvalue weighted by Gasteiger charge is -2.31. The summed E-state index contributed by atoms with van der Waals surface area (Å²) < 4.78 is 7.83. The second kappa shape index (κ2) is 6.88. The molecule has 0 fully saturated rings. The Morgan fingerprint density at radius 2 is 1.96 bits per heavy atom. The van der Waals surface area contributed by atoms with E-state index in [4.69, 9.17) is 9.84 Å². The van der Waals surface area contributed by atoms with Crippen molar-refractivity contribution in [1.29, 1.82) is 0 Å². The molecule has 0 saturated heterocycles. The third-order valence-electron chi connectivity index (χ3n) is 5.05. The maximum absolute atomic E-state index is 5.70. The Balaban J connectivity index is 2.15. The van der Waals surface area contributed by atoms with Crippen LogP contribution in [0.5, 0.6) is 0 Å². The summed E-state index contributed by atoms with van der Waals surface area (Å²) in [5, 5.41) is 4.97. The second-order valence-corrected chi connectivity index (χ2v) is 6.96. The number of nitrogens with zero attached hydrogens (tertiary/aromatic N) is 2. The van der Waals surface area contributed by atoms with Crippen LogP contribution in [0.4, 0.5) is 0 Å². The minimum Gasteiger partial charge on any atom is -0.360 e. The standard InChI is InChI=1S/C20H28N2O/c1-5-23-13-22-20-17(14(2)3)12-11-15(4)18(20)19(21-22)16-9-7-6-8-10-16/h6-10,14-15,17H,5,11-13H2,1-4H3/t15-,17+/m1/s1. The monoisotopic (exact) mass is 312 g/mol. The van der Waals surface area contributed by atoms with Crippen LogP contribution in [-0.2, 0) is 11.5 Å². The Morgan fingerprint density at radius 1 is 1.22 bits per heavy atom. The summed E-state index contributed by atoms with van der Waals surface area (Å²) in [4.78, 5) is 0. The van der Waals surface area contributed by atoms with Gasteiger partial charge in [0.1, 0.15) is 6.73 Å². The van der Waals surface area contributed by atoms with Gasteiger partial charge in [0.25, 0.3) is 0 Å². The van der Waals surface area contributed by atoms with Crippen molar-refractivity contribution in [2.75, 3.05) is 6.61 Å². The molecule has 0 saturated carbocycles.